The summed E-state index contributed by atoms with van der Waals surface area (Å²) in [5, 5.41) is 2.89. The maximum absolute atomic E-state index is 12.5. The van der Waals surface area contributed by atoms with Crippen LogP contribution in [0.2, 0.25) is 0 Å². The van der Waals surface area contributed by atoms with Gasteiger partial charge in [-0.3, -0.25) is 9.69 Å². The number of H-pyrrole nitrogens is 2. The molecule has 0 radical (unpaired) electrons. The Hall–Kier alpha value is -2.38. The van der Waals surface area contributed by atoms with E-state index in [4.69, 9.17) is 0 Å². The van der Waals surface area contributed by atoms with Crippen molar-refractivity contribution in [3.63, 3.8) is 0 Å². The number of benzene rings is 2. The average molecular weight is 403 g/mol. The van der Waals surface area contributed by atoms with Crippen LogP contribution in [0.25, 0.3) is 11.0 Å². The average Bonchev–Trinajstić information content (AvgIpc) is 2.95. The number of carbonyl (C=O) groups is 1. The molecule has 0 spiro atoms. The predicted molar refractivity (Wildman–Crippen MR) is 103 cm³/mol. The fraction of sp³-hybridized carbons (Fsp3) is 0.222. The van der Waals surface area contributed by atoms with Gasteiger partial charge in [0.05, 0.1) is 17.1 Å². The summed E-state index contributed by atoms with van der Waals surface area (Å²) in [6.07, 6.45) is 0. The van der Waals surface area contributed by atoms with Crippen molar-refractivity contribution in [1.82, 2.24) is 14.9 Å². The van der Waals surface area contributed by atoms with Gasteiger partial charge in [0, 0.05) is 16.7 Å². The van der Waals surface area contributed by atoms with E-state index in [0.29, 0.717) is 23.3 Å². The van der Waals surface area contributed by atoms with Gasteiger partial charge in [0.2, 0.25) is 5.91 Å². The lowest BCUT2D eigenvalue weighted by molar-refractivity contribution is -0.120. The number of rotatable bonds is 5. The summed E-state index contributed by atoms with van der Waals surface area (Å²) in [6, 6.07) is 13.0. The summed E-state index contributed by atoms with van der Waals surface area (Å²) >= 11 is 3.42. The summed E-state index contributed by atoms with van der Waals surface area (Å²) in [6.45, 7) is 2.54. The van der Waals surface area contributed by atoms with Gasteiger partial charge in [0.1, 0.15) is 0 Å². The van der Waals surface area contributed by atoms with Gasteiger partial charge >= 0.3 is 5.69 Å². The normalized spacial score (nSPS) is 12.5. The molecule has 0 aliphatic heterocycles. The van der Waals surface area contributed by atoms with Gasteiger partial charge in [-0.1, -0.05) is 28.1 Å². The molecule has 2 aromatic carbocycles. The number of halogens is 1. The van der Waals surface area contributed by atoms with Gasteiger partial charge in [0.15, 0.2) is 0 Å². The monoisotopic (exact) mass is 402 g/mol. The molecule has 3 rings (SSSR count). The van der Waals surface area contributed by atoms with E-state index >= 15 is 0 Å². The van der Waals surface area contributed by atoms with Crippen LogP contribution in [-0.2, 0) is 11.3 Å². The van der Waals surface area contributed by atoms with Crippen molar-refractivity contribution >= 4 is 38.6 Å². The zero-order valence-corrected chi connectivity index (χ0v) is 15.6. The number of hydrogen-bond donors (Lipinski definition) is 3. The highest BCUT2D eigenvalue weighted by Gasteiger charge is 2.18. The lowest BCUT2D eigenvalue weighted by Gasteiger charge is -2.24. The molecule has 0 saturated carbocycles. The van der Waals surface area contributed by atoms with Crippen molar-refractivity contribution in [3.05, 3.63) is 63.0 Å². The minimum absolute atomic E-state index is 0.100. The van der Waals surface area contributed by atoms with Crippen LogP contribution in [0, 0.1) is 0 Å². The first-order chi connectivity index (χ1) is 11.9. The molecule has 1 heterocycles. The molecular formula is C18H19BrN4O2. The van der Waals surface area contributed by atoms with E-state index in [9.17, 15) is 9.59 Å². The van der Waals surface area contributed by atoms with Crippen LogP contribution in [0.3, 0.4) is 0 Å². The summed E-state index contributed by atoms with van der Waals surface area (Å²) in [7, 11) is 1.92. The first-order valence-electron chi connectivity index (χ1n) is 7.90. The van der Waals surface area contributed by atoms with Gasteiger partial charge in [-0.25, -0.2) is 4.79 Å². The summed E-state index contributed by atoms with van der Waals surface area (Å²) in [5.41, 5.74) is 2.90. The minimum Gasteiger partial charge on any atom is -0.325 e. The molecule has 3 aromatic rings. The van der Waals surface area contributed by atoms with Crippen molar-refractivity contribution < 1.29 is 4.79 Å². The first kappa shape index (κ1) is 17.4. The van der Waals surface area contributed by atoms with Crippen LogP contribution in [0.1, 0.15) is 12.5 Å². The number of fused-ring (bicyclic) bond motifs is 1. The molecule has 1 aromatic heterocycles. The van der Waals surface area contributed by atoms with E-state index in [1.165, 1.54) is 0 Å². The number of nitrogens with one attached hydrogen (secondary N) is 3. The molecule has 1 amide bonds. The number of likely N-dealkylation sites (N-methyl/N-ethyl adjacent to an activating group) is 1. The molecule has 25 heavy (non-hydrogen) atoms. The number of nitrogens with zero attached hydrogens (tertiary/aromatic N) is 1. The van der Waals surface area contributed by atoms with Gasteiger partial charge < -0.3 is 15.3 Å². The van der Waals surface area contributed by atoms with E-state index in [-0.39, 0.29) is 17.6 Å². The molecule has 130 valence electrons. The second-order valence-corrected chi connectivity index (χ2v) is 6.96. The fourth-order valence-electron chi connectivity index (χ4n) is 2.57. The maximum Gasteiger partial charge on any atom is 0.323 e. The Bertz CT molecular complexity index is 946. The van der Waals surface area contributed by atoms with Crippen LogP contribution < -0.4 is 11.0 Å². The number of anilines is 1. The quantitative estimate of drug-likeness (QED) is 0.613. The molecule has 0 bridgehead atoms. The molecule has 0 aliphatic carbocycles. The van der Waals surface area contributed by atoms with Gasteiger partial charge in [0.25, 0.3) is 0 Å². The topological polar surface area (TPSA) is 81.0 Å². The number of hydrogen-bond acceptors (Lipinski definition) is 3. The number of carbonyl (C=O) groups excluding carboxylic acids is 1. The lowest BCUT2D eigenvalue weighted by Crippen LogP contribution is -2.39. The van der Waals surface area contributed by atoms with Crippen LogP contribution in [0.5, 0.6) is 0 Å². The number of aromatic amines is 2. The van der Waals surface area contributed by atoms with Crippen LogP contribution in [0.4, 0.5) is 5.69 Å². The van der Waals surface area contributed by atoms with Crippen molar-refractivity contribution in [2.75, 3.05) is 12.4 Å². The van der Waals surface area contributed by atoms with Gasteiger partial charge in [-0.05, 0) is 49.9 Å². The molecule has 0 fully saturated rings. The highest BCUT2D eigenvalue weighted by Crippen LogP contribution is 2.16. The van der Waals surface area contributed by atoms with E-state index in [2.05, 4.69) is 31.2 Å². The van der Waals surface area contributed by atoms with Gasteiger partial charge in [-0.15, -0.1) is 0 Å². The largest absolute Gasteiger partial charge is 0.325 e. The molecule has 3 N–H and O–H groups in total. The molecule has 6 nitrogen and oxygen atoms in total. The Morgan fingerprint density at radius 2 is 1.84 bits per heavy atom. The standard InChI is InChI=1S/C18H19BrN4O2/c1-11(23(2)10-12-3-5-13(19)6-4-12)17(24)20-14-7-8-15-16(9-14)22-18(25)21-15/h3-9,11H,10H2,1-2H3,(H,20,24)(H2,21,22,25)/t11-/m0/s1. The SMILES string of the molecule is C[C@@H](C(=O)Nc1ccc2[nH]c(=O)[nH]c2c1)N(C)Cc1ccc(Br)cc1. The summed E-state index contributed by atoms with van der Waals surface area (Å²) < 4.78 is 1.03. The second kappa shape index (κ2) is 7.25. The highest BCUT2D eigenvalue weighted by atomic mass is 79.9. The van der Waals surface area contributed by atoms with Crippen molar-refractivity contribution in [2.45, 2.75) is 19.5 Å². The number of imidazole rings is 1. The minimum atomic E-state index is -0.301. The second-order valence-electron chi connectivity index (χ2n) is 6.05. The maximum atomic E-state index is 12.5. The fourth-order valence-corrected chi connectivity index (χ4v) is 2.84. The Kier molecular flexibility index (Phi) is 5.06. The molecule has 0 aliphatic rings. The predicted octanol–water partition coefficient (Wildman–Crippen LogP) is 3.08. The van der Waals surface area contributed by atoms with Crippen molar-refractivity contribution in [2.24, 2.45) is 0 Å². The molecular weight excluding hydrogens is 384 g/mol. The highest BCUT2D eigenvalue weighted by molar-refractivity contribution is 9.10. The molecule has 0 saturated heterocycles. The molecule has 7 heteroatoms. The first-order valence-corrected chi connectivity index (χ1v) is 8.69. The van der Waals surface area contributed by atoms with E-state index < -0.39 is 0 Å². The van der Waals surface area contributed by atoms with E-state index in [1.807, 2.05) is 43.1 Å². The third-order valence-electron chi connectivity index (χ3n) is 4.17. The molecule has 1 atom stereocenters. The lowest BCUT2D eigenvalue weighted by atomic mass is 10.2. The Balaban J connectivity index is 1.66. The zero-order chi connectivity index (χ0) is 18.0. The molecule has 0 unspecified atom stereocenters. The van der Waals surface area contributed by atoms with E-state index in [1.54, 1.807) is 18.2 Å². The van der Waals surface area contributed by atoms with Crippen molar-refractivity contribution in [3.8, 4) is 0 Å². The summed E-state index contributed by atoms with van der Waals surface area (Å²) in [5.74, 6) is -0.100. The van der Waals surface area contributed by atoms with Crippen LogP contribution in [0.15, 0.2) is 51.7 Å². The third kappa shape index (κ3) is 4.18. The Morgan fingerprint density at radius 1 is 1.16 bits per heavy atom. The number of aromatic nitrogens is 2. The van der Waals surface area contributed by atoms with E-state index in [0.717, 1.165) is 10.0 Å². The van der Waals surface area contributed by atoms with Gasteiger partial charge in [-0.2, -0.15) is 0 Å². The zero-order valence-electron chi connectivity index (χ0n) is 14.0. The Labute approximate surface area is 153 Å². The third-order valence-corrected chi connectivity index (χ3v) is 4.70. The van der Waals surface area contributed by atoms with Crippen LogP contribution in [-0.4, -0.2) is 33.9 Å². The smallest absolute Gasteiger partial charge is 0.323 e. The summed E-state index contributed by atoms with van der Waals surface area (Å²) in [4.78, 5) is 31.1. The van der Waals surface area contributed by atoms with Crippen molar-refractivity contribution in [1.29, 1.82) is 0 Å². The van der Waals surface area contributed by atoms with Crippen LogP contribution >= 0.6 is 15.9 Å². The number of amides is 1. The Morgan fingerprint density at radius 3 is 2.56 bits per heavy atom.